The number of hydrogen-bond donors (Lipinski definition) is 0. The highest BCUT2D eigenvalue weighted by Crippen LogP contribution is 2.29. The number of hydrogen-bond acceptors (Lipinski definition) is 1. The van der Waals surface area contributed by atoms with E-state index < -0.39 is 14.0 Å². The number of aromatic nitrogens is 1. The molecule has 0 saturated heterocycles. The summed E-state index contributed by atoms with van der Waals surface area (Å²) < 4.78 is 9.30. The first-order chi connectivity index (χ1) is 13.4. The number of rotatable bonds is 4. The molecular weight excluding hydrogens is 354 g/mol. The first-order valence-electron chi connectivity index (χ1n) is 10.6. The van der Waals surface area contributed by atoms with Gasteiger partial charge in [-0.25, -0.2) is 0 Å². The molecule has 0 spiro atoms. The lowest BCUT2D eigenvalue weighted by Crippen LogP contribution is -2.41. The van der Waals surface area contributed by atoms with Crippen LogP contribution >= 0.6 is 0 Å². The van der Waals surface area contributed by atoms with E-state index in [-0.39, 0.29) is 5.41 Å². The Kier molecular flexibility index (Phi) is 5.24. The highest BCUT2D eigenvalue weighted by atomic mass is 28.3. The summed E-state index contributed by atoms with van der Waals surface area (Å²) >= 11 is 0. The van der Waals surface area contributed by atoms with Crippen molar-refractivity contribution in [3.8, 4) is 11.3 Å². The van der Waals surface area contributed by atoms with Crippen molar-refractivity contribution >= 4 is 13.3 Å². The Bertz CT molecular complexity index is 978. The molecule has 2 heteroatoms. The number of nitrogens with zero attached hydrogens (tertiary/aromatic N) is 1. The van der Waals surface area contributed by atoms with Crippen molar-refractivity contribution in [1.29, 1.82) is 0 Å². The van der Waals surface area contributed by atoms with E-state index in [1.54, 1.807) is 0 Å². The molecule has 3 aromatic rings. The predicted molar refractivity (Wildman–Crippen MR) is 125 cm³/mol. The topological polar surface area (TPSA) is 12.9 Å². The second-order valence-corrected chi connectivity index (χ2v) is 14.7. The Morgan fingerprint density at radius 3 is 2.07 bits per heavy atom. The standard InChI is InChI=1S/C26H33NSi/c1-19(20-11-9-8-10-12-20)23-17-24(27-18-25(23)28(5,6)7)21-13-15-22(16-14-21)26(2,3)4/h8-19H,1-7H3/i19D. The lowest BCUT2D eigenvalue weighted by atomic mass is 9.86. The molecule has 1 atom stereocenters. The molecule has 0 radical (unpaired) electrons. The van der Waals surface area contributed by atoms with Crippen molar-refractivity contribution in [3.05, 3.63) is 83.6 Å². The fraction of sp³-hybridized carbons (Fsp3) is 0.346. The largest absolute Gasteiger partial charge is 0.256 e. The van der Waals surface area contributed by atoms with Crippen LogP contribution in [0.5, 0.6) is 0 Å². The molecule has 1 nitrogen and oxygen atoms in total. The van der Waals surface area contributed by atoms with E-state index in [1.807, 2.05) is 31.3 Å². The van der Waals surface area contributed by atoms with Crippen molar-refractivity contribution in [1.82, 2.24) is 4.98 Å². The summed E-state index contributed by atoms with van der Waals surface area (Å²) in [7, 11) is -1.66. The average molecular weight is 389 g/mol. The van der Waals surface area contributed by atoms with Crippen molar-refractivity contribution in [2.45, 2.75) is 58.6 Å². The van der Waals surface area contributed by atoms with E-state index in [2.05, 4.69) is 82.9 Å². The summed E-state index contributed by atoms with van der Waals surface area (Å²) in [5.74, 6) is -0.820. The zero-order valence-corrected chi connectivity index (χ0v) is 19.3. The van der Waals surface area contributed by atoms with Crippen LogP contribution in [0.2, 0.25) is 19.6 Å². The Labute approximate surface area is 173 Å². The van der Waals surface area contributed by atoms with Gasteiger partial charge in [-0.2, -0.15) is 0 Å². The van der Waals surface area contributed by atoms with Gasteiger partial charge in [0.25, 0.3) is 0 Å². The van der Waals surface area contributed by atoms with Crippen LogP contribution in [0.15, 0.2) is 66.9 Å². The maximum atomic E-state index is 9.30. The van der Waals surface area contributed by atoms with Crippen LogP contribution in [-0.2, 0) is 5.41 Å². The number of pyridine rings is 1. The van der Waals surface area contributed by atoms with Crippen LogP contribution in [0.3, 0.4) is 0 Å². The van der Waals surface area contributed by atoms with Crippen LogP contribution in [0.25, 0.3) is 11.3 Å². The maximum absolute atomic E-state index is 9.30. The van der Waals surface area contributed by atoms with Gasteiger partial charge in [0.15, 0.2) is 0 Å². The Hall–Kier alpha value is -2.19. The molecule has 0 saturated carbocycles. The molecule has 1 unspecified atom stereocenters. The number of benzene rings is 2. The van der Waals surface area contributed by atoms with Gasteiger partial charge in [0.2, 0.25) is 0 Å². The molecule has 0 aliphatic heterocycles. The smallest absolute Gasteiger partial charge is 0.0800 e. The van der Waals surface area contributed by atoms with Gasteiger partial charge in [-0.1, -0.05) is 102 Å². The van der Waals surface area contributed by atoms with Gasteiger partial charge in [0.05, 0.1) is 13.8 Å². The first-order valence-corrected chi connectivity index (χ1v) is 13.6. The van der Waals surface area contributed by atoms with E-state index in [0.717, 1.165) is 22.4 Å². The molecule has 0 fully saturated rings. The molecule has 28 heavy (non-hydrogen) atoms. The van der Waals surface area contributed by atoms with Crippen molar-refractivity contribution < 1.29 is 1.37 Å². The quantitative estimate of drug-likeness (QED) is 0.451. The third kappa shape index (κ3) is 4.44. The Balaban J connectivity index is 2.15. The van der Waals surface area contributed by atoms with E-state index in [1.165, 1.54) is 10.8 Å². The van der Waals surface area contributed by atoms with Crippen LogP contribution in [0.1, 0.15) is 51.7 Å². The lowest BCUT2D eigenvalue weighted by Gasteiger charge is -2.25. The van der Waals surface area contributed by atoms with Crippen molar-refractivity contribution in [3.63, 3.8) is 0 Å². The highest BCUT2D eigenvalue weighted by molar-refractivity contribution is 6.89. The van der Waals surface area contributed by atoms with Gasteiger partial charge in [-0.3, -0.25) is 4.98 Å². The molecule has 3 rings (SSSR count). The summed E-state index contributed by atoms with van der Waals surface area (Å²) in [5.41, 5.74) is 5.58. The van der Waals surface area contributed by atoms with Gasteiger partial charge in [-0.05, 0) is 33.4 Å². The van der Waals surface area contributed by atoms with Gasteiger partial charge >= 0.3 is 0 Å². The van der Waals surface area contributed by atoms with Crippen LogP contribution in [-0.4, -0.2) is 13.1 Å². The maximum Gasteiger partial charge on any atom is 0.0800 e. The zero-order chi connectivity index (χ0) is 21.4. The molecule has 0 amide bonds. The Morgan fingerprint density at radius 2 is 1.54 bits per heavy atom. The lowest BCUT2D eigenvalue weighted by molar-refractivity contribution is 0.590. The molecule has 0 N–H and O–H groups in total. The van der Waals surface area contributed by atoms with E-state index in [0.29, 0.717) is 0 Å². The minimum absolute atomic E-state index is 0.131. The normalized spacial score (nSPS) is 15.0. The average Bonchev–Trinajstić information content (AvgIpc) is 2.67. The van der Waals surface area contributed by atoms with Gasteiger partial charge in [0, 0.05) is 19.0 Å². The zero-order valence-electron chi connectivity index (χ0n) is 19.3. The fourth-order valence-corrected chi connectivity index (χ4v) is 5.03. The van der Waals surface area contributed by atoms with E-state index in [4.69, 9.17) is 4.98 Å². The summed E-state index contributed by atoms with van der Waals surface area (Å²) in [5, 5.41) is 1.26. The molecule has 1 heterocycles. The summed E-state index contributed by atoms with van der Waals surface area (Å²) in [4.78, 5) is 4.83. The van der Waals surface area contributed by atoms with Crippen molar-refractivity contribution in [2.24, 2.45) is 0 Å². The molecule has 1 aromatic heterocycles. The second-order valence-electron chi connectivity index (χ2n) is 9.68. The van der Waals surface area contributed by atoms with Gasteiger partial charge < -0.3 is 0 Å². The summed E-state index contributed by atoms with van der Waals surface area (Å²) in [6, 6.07) is 21.0. The Morgan fingerprint density at radius 1 is 0.929 bits per heavy atom. The summed E-state index contributed by atoms with van der Waals surface area (Å²) in [6.45, 7) is 15.7. The molecular formula is C26H33NSi. The molecule has 0 aliphatic rings. The molecule has 146 valence electrons. The SMILES string of the molecule is [2H]C(C)(c1ccccc1)c1cc(-c2ccc(C(C)(C)C)cc2)ncc1[Si](C)(C)C. The van der Waals surface area contributed by atoms with Crippen LogP contribution in [0.4, 0.5) is 0 Å². The van der Waals surface area contributed by atoms with Crippen LogP contribution < -0.4 is 5.19 Å². The van der Waals surface area contributed by atoms with E-state index >= 15 is 0 Å². The third-order valence-electron chi connectivity index (χ3n) is 5.37. The summed E-state index contributed by atoms with van der Waals surface area (Å²) in [6.07, 6.45) is 2.03. The fourth-order valence-electron chi connectivity index (χ4n) is 3.51. The minimum atomic E-state index is -1.66. The van der Waals surface area contributed by atoms with Crippen molar-refractivity contribution in [2.75, 3.05) is 0 Å². The third-order valence-corrected chi connectivity index (χ3v) is 7.38. The van der Waals surface area contributed by atoms with Gasteiger partial charge in [-0.15, -0.1) is 0 Å². The highest BCUT2D eigenvalue weighted by Gasteiger charge is 2.24. The minimum Gasteiger partial charge on any atom is -0.256 e. The van der Waals surface area contributed by atoms with E-state index in [9.17, 15) is 1.37 Å². The van der Waals surface area contributed by atoms with Gasteiger partial charge in [0.1, 0.15) is 0 Å². The molecule has 2 aromatic carbocycles. The first kappa shape index (κ1) is 19.1. The molecule has 0 bridgehead atoms. The predicted octanol–water partition coefficient (Wildman–Crippen LogP) is 6.74. The second kappa shape index (κ2) is 7.67. The monoisotopic (exact) mass is 388 g/mol. The van der Waals surface area contributed by atoms with Crippen LogP contribution in [0, 0.1) is 0 Å². The molecule has 0 aliphatic carbocycles.